The first-order valence-corrected chi connectivity index (χ1v) is 16.7. The van der Waals surface area contributed by atoms with Crippen LogP contribution < -0.4 is 0 Å². The van der Waals surface area contributed by atoms with Crippen LogP contribution in [0.25, 0.3) is 94.7 Å². The smallest absolute Gasteiger partial charge is 0.164 e. The van der Waals surface area contributed by atoms with E-state index in [-0.39, 0.29) is 0 Å². The van der Waals surface area contributed by atoms with Gasteiger partial charge in [-0.05, 0) is 59.7 Å². The van der Waals surface area contributed by atoms with Crippen LogP contribution in [0.5, 0.6) is 0 Å². The molecule has 0 spiro atoms. The number of benzene rings is 7. The van der Waals surface area contributed by atoms with E-state index in [2.05, 4.69) is 114 Å². The lowest BCUT2D eigenvalue weighted by atomic mass is 10.0. The Labute approximate surface area is 287 Å². The second kappa shape index (κ2) is 11.4. The lowest BCUT2D eigenvalue weighted by Gasteiger charge is -2.11. The second-order valence-corrected chi connectivity index (χ2v) is 12.4. The van der Waals surface area contributed by atoms with Crippen molar-refractivity contribution in [2.45, 2.75) is 0 Å². The molecule has 5 heteroatoms. The molecule has 0 saturated carbocycles. The van der Waals surface area contributed by atoms with Crippen molar-refractivity contribution in [2.75, 3.05) is 0 Å². The molecule has 0 N–H and O–H groups in total. The molecule has 0 aliphatic carbocycles. The van der Waals surface area contributed by atoms with Crippen molar-refractivity contribution >= 4 is 43.7 Å². The average Bonchev–Trinajstić information content (AvgIpc) is 3.74. The van der Waals surface area contributed by atoms with Gasteiger partial charge in [0.1, 0.15) is 11.2 Å². The van der Waals surface area contributed by atoms with E-state index in [1.165, 1.54) is 21.9 Å². The van der Waals surface area contributed by atoms with Crippen molar-refractivity contribution in [1.29, 1.82) is 0 Å². The number of nitrogens with zero attached hydrogens (tertiary/aromatic N) is 4. The molecule has 10 aromatic rings. The number of furan rings is 1. The van der Waals surface area contributed by atoms with Crippen molar-refractivity contribution in [3.05, 3.63) is 170 Å². The minimum Gasteiger partial charge on any atom is -0.456 e. The van der Waals surface area contributed by atoms with Gasteiger partial charge in [0.15, 0.2) is 17.5 Å². The van der Waals surface area contributed by atoms with Crippen molar-refractivity contribution in [2.24, 2.45) is 0 Å². The summed E-state index contributed by atoms with van der Waals surface area (Å²) in [7, 11) is 0. The molecule has 3 heterocycles. The normalized spacial score (nSPS) is 11.6. The van der Waals surface area contributed by atoms with Crippen LogP contribution in [0.4, 0.5) is 0 Å². The molecule has 10 rings (SSSR count). The highest BCUT2D eigenvalue weighted by Crippen LogP contribution is 2.38. The molecule has 0 radical (unpaired) electrons. The Morgan fingerprint density at radius 1 is 0.380 bits per heavy atom. The van der Waals surface area contributed by atoms with Crippen molar-refractivity contribution < 1.29 is 4.42 Å². The van der Waals surface area contributed by atoms with Crippen molar-refractivity contribution in [1.82, 2.24) is 19.5 Å². The number of para-hydroxylation sites is 2. The van der Waals surface area contributed by atoms with E-state index >= 15 is 0 Å². The Kier molecular flexibility index (Phi) is 6.42. The summed E-state index contributed by atoms with van der Waals surface area (Å²) in [6.45, 7) is 0. The highest BCUT2D eigenvalue weighted by Gasteiger charge is 2.18. The lowest BCUT2D eigenvalue weighted by Crippen LogP contribution is -2.01. The maximum atomic E-state index is 6.21. The molecule has 3 aromatic heterocycles. The lowest BCUT2D eigenvalue weighted by molar-refractivity contribution is 0.669. The summed E-state index contributed by atoms with van der Waals surface area (Å²) in [5.74, 6) is 1.83. The third-order valence-electron chi connectivity index (χ3n) is 9.48. The van der Waals surface area contributed by atoms with Crippen LogP contribution in [0.15, 0.2) is 174 Å². The molecule has 7 aromatic carbocycles. The van der Waals surface area contributed by atoms with E-state index in [4.69, 9.17) is 19.4 Å². The molecule has 50 heavy (non-hydrogen) atoms. The van der Waals surface area contributed by atoms with Crippen LogP contribution >= 0.6 is 0 Å². The molecule has 0 amide bonds. The summed E-state index contributed by atoms with van der Waals surface area (Å²) in [5.41, 5.74) is 10.2. The van der Waals surface area contributed by atoms with Gasteiger partial charge in [-0.1, -0.05) is 121 Å². The topological polar surface area (TPSA) is 56.7 Å². The third kappa shape index (κ3) is 4.60. The first-order valence-electron chi connectivity index (χ1n) is 16.7. The largest absolute Gasteiger partial charge is 0.456 e. The molecule has 0 saturated heterocycles. The Hall–Kier alpha value is -6.85. The summed E-state index contributed by atoms with van der Waals surface area (Å²) in [5, 5.41) is 4.48. The Morgan fingerprint density at radius 2 is 0.960 bits per heavy atom. The third-order valence-corrected chi connectivity index (χ3v) is 9.48. The van der Waals surface area contributed by atoms with Crippen LogP contribution in [0, 0.1) is 0 Å². The summed E-state index contributed by atoms with van der Waals surface area (Å²) in [6.07, 6.45) is 0. The number of rotatable bonds is 5. The van der Waals surface area contributed by atoms with Gasteiger partial charge in [0.2, 0.25) is 0 Å². The fourth-order valence-corrected chi connectivity index (χ4v) is 7.12. The minimum absolute atomic E-state index is 0.603. The predicted octanol–water partition coefficient (Wildman–Crippen LogP) is 11.5. The number of hydrogen-bond acceptors (Lipinski definition) is 4. The SMILES string of the molecule is c1ccc(-c2ccc3c4ccccc4n(-c4ccc(-c5nc(-c6ccccc6)nc(-c6cccc7oc8ccccc8c67)n5)cc4)c3c2)cc1. The summed E-state index contributed by atoms with van der Waals surface area (Å²) in [4.78, 5) is 15.1. The zero-order valence-corrected chi connectivity index (χ0v) is 26.9. The monoisotopic (exact) mass is 640 g/mol. The molecule has 0 aliphatic rings. The first kappa shape index (κ1) is 28.2. The van der Waals surface area contributed by atoms with Gasteiger partial charge in [-0.2, -0.15) is 0 Å². The van der Waals surface area contributed by atoms with Gasteiger partial charge < -0.3 is 8.98 Å². The molecule has 0 bridgehead atoms. The molecule has 234 valence electrons. The van der Waals surface area contributed by atoms with Crippen LogP contribution in [0.1, 0.15) is 0 Å². The average molecular weight is 641 g/mol. The van der Waals surface area contributed by atoms with E-state index in [0.717, 1.165) is 55.3 Å². The second-order valence-electron chi connectivity index (χ2n) is 12.4. The molecule has 0 aliphatic heterocycles. The zero-order valence-electron chi connectivity index (χ0n) is 26.9. The van der Waals surface area contributed by atoms with Gasteiger partial charge in [-0.25, -0.2) is 15.0 Å². The Morgan fingerprint density at radius 3 is 1.74 bits per heavy atom. The first-order chi connectivity index (χ1) is 24.8. The molecule has 0 atom stereocenters. The summed E-state index contributed by atoms with van der Waals surface area (Å²) >= 11 is 0. The van der Waals surface area contributed by atoms with Crippen LogP contribution in [0.2, 0.25) is 0 Å². The Bertz CT molecular complexity index is 2850. The standard InChI is InChI=1S/C45H28N4O/c1-3-12-29(13-4-1)32-24-27-35-34-16-7-9-19-38(34)49(39(35)28-32)33-25-22-31(23-26-33)44-46-43(30-14-5-2-6-15-30)47-45(48-44)37-18-11-21-41-42(37)36-17-8-10-20-40(36)50-41/h1-28H. The van der Waals surface area contributed by atoms with E-state index in [1.807, 2.05) is 60.7 Å². The van der Waals surface area contributed by atoms with Gasteiger partial charge in [-0.15, -0.1) is 0 Å². The van der Waals surface area contributed by atoms with E-state index in [0.29, 0.717) is 17.5 Å². The fourth-order valence-electron chi connectivity index (χ4n) is 7.12. The molecule has 0 fully saturated rings. The van der Waals surface area contributed by atoms with E-state index < -0.39 is 0 Å². The quantitative estimate of drug-likeness (QED) is 0.188. The van der Waals surface area contributed by atoms with Gasteiger partial charge in [0.05, 0.1) is 11.0 Å². The molecular weight excluding hydrogens is 613 g/mol. The Balaban J connectivity index is 1.14. The van der Waals surface area contributed by atoms with Crippen LogP contribution in [-0.2, 0) is 0 Å². The predicted molar refractivity (Wildman–Crippen MR) is 203 cm³/mol. The highest BCUT2D eigenvalue weighted by molar-refractivity contribution is 6.12. The van der Waals surface area contributed by atoms with Crippen molar-refractivity contribution in [3.8, 4) is 51.0 Å². The fraction of sp³-hybridized carbons (Fsp3) is 0. The number of fused-ring (bicyclic) bond motifs is 6. The maximum absolute atomic E-state index is 6.21. The van der Waals surface area contributed by atoms with Crippen molar-refractivity contribution in [3.63, 3.8) is 0 Å². The number of aromatic nitrogens is 4. The van der Waals surface area contributed by atoms with Gasteiger partial charge in [0, 0.05) is 43.9 Å². The zero-order chi connectivity index (χ0) is 33.0. The minimum atomic E-state index is 0.603. The van der Waals surface area contributed by atoms with Crippen LogP contribution in [-0.4, -0.2) is 19.5 Å². The van der Waals surface area contributed by atoms with Crippen LogP contribution in [0.3, 0.4) is 0 Å². The number of hydrogen-bond donors (Lipinski definition) is 0. The molecule has 5 nitrogen and oxygen atoms in total. The molecular formula is C45H28N4O. The molecule has 0 unspecified atom stereocenters. The van der Waals surface area contributed by atoms with E-state index in [1.54, 1.807) is 0 Å². The summed E-state index contributed by atoms with van der Waals surface area (Å²) in [6, 6.07) is 58.7. The highest BCUT2D eigenvalue weighted by atomic mass is 16.3. The van der Waals surface area contributed by atoms with Gasteiger partial charge >= 0.3 is 0 Å². The van der Waals surface area contributed by atoms with Gasteiger partial charge in [0.25, 0.3) is 0 Å². The maximum Gasteiger partial charge on any atom is 0.164 e. The summed E-state index contributed by atoms with van der Waals surface area (Å²) < 4.78 is 8.56. The van der Waals surface area contributed by atoms with Gasteiger partial charge in [-0.3, -0.25) is 0 Å². The van der Waals surface area contributed by atoms with E-state index in [9.17, 15) is 0 Å².